The number of halogens is 1. The van der Waals surface area contributed by atoms with Gasteiger partial charge in [0.25, 0.3) is 0 Å². The van der Waals surface area contributed by atoms with Gasteiger partial charge in [-0.2, -0.15) is 0 Å². The summed E-state index contributed by atoms with van der Waals surface area (Å²) in [6.45, 7) is 2.89. The first-order valence-corrected chi connectivity index (χ1v) is 13.4. The van der Waals surface area contributed by atoms with Gasteiger partial charge in [0.05, 0.1) is 0 Å². The SMILES string of the molecule is NCCCCC(=O)NCCN1CCC(NC(=O)C(=O)Nc2ccc(Cl)cc2)CC1C1CCCCC1. The van der Waals surface area contributed by atoms with E-state index >= 15 is 0 Å². The predicted octanol–water partition coefficient (Wildman–Crippen LogP) is 3.05. The van der Waals surface area contributed by atoms with E-state index in [1.54, 1.807) is 24.3 Å². The molecule has 9 heteroatoms. The number of carbonyl (C=O) groups is 3. The molecule has 2 aliphatic rings. The third-order valence-electron chi connectivity index (χ3n) is 7.18. The number of nitrogens with two attached hydrogens (primary N) is 1. The number of nitrogens with one attached hydrogen (secondary N) is 3. The van der Waals surface area contributed by atoms with Crippen molar-refractivity contribution in [1.29, 1.82) is 0 Å². The van der Waals surface area contributed by atoms with Crippen LogP contribution >= 0.6 is 11.6 Å². The zero-order valence-corrected chi connectivity index (χ0v) is 21.3. The molecule has 35 heavy (non-hydrogen) atoms. The standard InChI is InChI=1S/C26H40ClN5O3/c27-20-9-11-21(12-10-20)30-25(34)26(35)31-22-13-16-32(17-15-29-24(33)8-4-5-14-28)23(18-22)19-6-2-1-3-7-19/h9-12,19,22-23H,1-8,13-18,28H2,(H,29,33)(H,30,34)(H,31,35). The first kappa shape index (κ1) is 27.4. The highest BCUT2D eigenvalue weighted by molar-refractivity contribution is 6.39. The maximum atomic E-state index is 12.6. The van der Waals surface area contributed by atoms with Crippen LogP contribution < -0.4 is 21.7 Å². The van der Waals surface area contributed by atoms with E-state index in [4.69, 9.17) is 17.3 Å². The second-order valence-electron chi connectivity index (χ2n) is 9.75. The third kappa shape index (κ3) is 9.09. The summed E-state index contributed by atoms with van der Waals surface area (Å²) in [5.41, 5.74) is 6.04. The minimum absolute atomic E-state index is 0.0347. The molecule has 1 saturated heterocycles. The summed E-state index contributed by atoms with van der Waals surface area (Å²) in [5, 5.41) is 9.20. The highest BCUT2D eigenvalue weighted by Crippen LogP contribution is 2.33. The molecule has 0 spiro atoms. The van der Waals surface area contributed by atoms with Gasteiger partial charge in [-0.05, 0) is 75.3 Å². The zero-order valence-electron chi connectivity index (χ0n) is 20.6. The summed E-state index contributed by atoms with van der Waals surface area (Å²) in [4.78, 5) is 39.5. The van der Waals surface area contributed by atoms with Gasteiger partial charge in [-0.3, -0.25) is 19.3 Å². The number of anilines is 1. The van der Waals surface area contributed by atoms with Crippen LogP contribution in [0.5, 0.6) is 0 Å². The molecule has 1 aromatic carbocycles. The van der Waals surface area contributed by atoms with Crippen molar-refractivity contribution in [3.63, 3.8) is 0 Å². The number of hydrogen-bond acceptors (Lipinski definition) is 5. The average Bonchev–Trinajstić information content (AvgIpc) is 2.86. The van der Waals surface area contributed by atoms with Gasteiger partial charge in [-0.25, -0.2) is 0 Å². The summed E-state index contributed by atoms with van der Waals surface area (Å²) in [7, 11) is 0. The van der Waals surface area contributed by atoms with Crippen molar-refractivity contribution in [2.24, 2.45) is 11.7 Å². The average molecular weight is 506 g/mol. The Morgan fingerprint density at radius 3 is 2.46 bits per heavy atom. The van der Waals surface area contributed by atoms with Crippen LogP contribution in [-0.2, 0) is 14.4 Å². The lowest BCUT2D eigenvalue weighted by Crippen LogP contribution is -2.55. The normalized spacial score (nSPS) is 21.3. The van der Waals surface area contributed by atoms with Crippen molar-refractivity contribution in [2.45, 2.75) is 76.3 Å². The molecule has 1 aliphatic carbocycles. The number of rotatable bonds is 10. The topological polar surface area (TPSA) is 117 Å². The van der Waals surface area contributed by atoms with Crippen molar-refractivity contribution in [3.05, 3.63) is 29.3 Å². The van der Waals surface area contributed by atoms with Crippen LogP contribution in [0.2, 0.25) is 5.02 Å². The van der Waals surface area contributed by atoms with Crippen LogP contribution in [0.3, 0.4) is 0 Å². The van der Waals surface area contributed by atoms with Crippen LogP contribution in [0.15, 0.2) is 24.3 Å². The second kappa shape index (κ2) is 14.4. The van der Waals surface area contributed by atoms with Gasteiger partial charge < -0.3 is 21.7 Å². The Morgan fingerprint density at radius 1 is 1.00 bits per heavy atom. The molecule has 0 bridgehead atoms. The van der Waals surface area contributed by atoms with Gasteiger partial charge in [-0.1, -0.05) is 30.9 Å². The molecule has 0 radical (unpaired) electrons. The Kier molecular flexibility index (Phi) is 11.3. The summed E-state index contributed by atoms with van der Waals surface area (Å²) in [6, 6.07) is 6.99. The number of benzene rings is 1. The number of hydrogen-bond donors (Lipinski definition) is 4. The first-order valence-electron chi connectivity index (χ1n) is 13.0. The van der Waals surface area contributed by atoms with E-state index < -0.39 is 11.8 Å². The Hall–Kier alpha value is -2.16. The van der Waals surface area contributed by atoms with Crippen molar-refractivity contribution < 1.29 is 14.4 Å². The third-order valence-corrected chi connectivity index (χ3v) is 7.43. The summed E-state index contributed by atoms with van der Waals surface area (Å²) in [5.74, 6) is -0.597. The number of nitrogens with zero attached hydrogens (tertiary/aromatic N) is 1. The molecule has 8 nitrogen and oxygen atoms in total. The first-order chi connectivity index (χ1) is 17.0. The molecule has 2 unspecified atom stereocenters. The van der Waals surface area contributed by atoms with Crippen molar-refractivity contribution in [3.8, 4) is 0 Å². The Bertz CT molecular complexity index is 829. The van der Waals surface area contributed by atoms with Gasteiger partial charge in [0.1, 0.15) is 0 Å². The lowest BCUT2D eigenvalue weighted by Gasteiger charge is -2.44. The van der Waals surface area contributed by atoms with Gasteiger partial charge in [0, 0.05) is 48.8 Å². The monoisotopic (exact) mass is 505 g/mol. The van der Waals surface area contributed by atoms with E-state index in [0.29, 0.717) is 42.2 Å². The minimum atomic E-state index is -0.665. The highest BCUT2D eigenvalue weighted by atomic mass is 35.5. The molecule has 194 valence electrons. The molecule has 2 atom stereocenters. The predicted molar refractivity (Wildman–Crippen MR) is 139 cm³/mol. The number of unbranched alkanes of at least 4 members (excludes halogenated alkanes) is 1. The van der Waals surface area contributed by atoms with Crippen LogP contribution in [0.4, 0.5) is 5.69 Å². The van der Waals surface area contributed by atoms with Crippen LogP contribution in [0, 0.1) is 5.92 Å². The molecule has 1 saturated carbocycles. The molecule has 1 aliphatic heterocycles. The van der Waals surface area contributed by atoms with Gasteiger partial charge >= 0.3 is 11.8 Å². The number of carbonyl (C=O) groups excluding carboxylic acids is 3. The fraction of sp³-hybridized carbons (Fsp3) is 0.654. The molecule has 3 rings (SSSR count). The van der Waals surface area contributed by atoms with Crippen LogP contribution in [-0.4, -0.2) is 60.9 Å². The van der Waals surface area contributed by atoms with E-state index in [9.17, 15) is 14.4 Å². The smallest absolute Gasteiger partial charge is 0.313 e. The number of likely N-dealkylation sites (tertiary alicyclic amines) is 1. The summed E-state index contributed by atoms with van der Waals surface area (Å²) < 4.78 is 0. The molecule has 1 aromatic rings. The Labute approximate surface area is 213 Å². The molecular weight excluding hydrogens is 466 g/mol. The van der Waals surface area contributed by atoms with Crippen LogP contribution in [0.1, 0.15) is 64.2 Å². The van der Waals surface area contributed by atoms with E-state index in [2.05, 4.69) is 20.9 Å². The zero-order chi connectivity index (χ0) is 25.0. The van der Waals surface area contributed by atoms with Crippen LogP contribution in [0.25, 0.3) is 0 Å². The highest BCUT2D eigenvalue weighted by Gasteiger charge is 2.35. The van der Waals surface area contributed by atoms with Gasteiger partial charge in [0.2, 0.25) is 5.91 Å². The lowest BCUT2D eigenvalue weighted by molar-refractivity contribution is -0.137. The van der Waals surface area contributed by atoms with Crippen molar-refractivity contribution in [1.82, 2.24) is 15.5 Å². The molecular formula is C26H40ClN5O3. The minimum Gasteiger partial charge on any atom is -0.355 e. The molecule has 0 aromatic heterocycles. The lowest BCUT2D eigenvalue weighted by atomic mass is 9.78. The summed E-state index contributed by atoms with van der Waals surface area (Å²) in [6.07, 6.45) is 10.00. The van der Waals surface area contributed by atoms with Crippen molar-refractivity contribution >= 4 is 35.0 Å². The Morgan fingerprint density at radius 2 is 1.74 bits per heavy atom. The quantitative estimate of drug-likeness (QED) is 0.288. The van der Waals surface area contributed by atoms with E-state index in [-0.39, 0.29) is 11.9 Å². The van der Waals surface area contributed by atoms with Gasteiger partial charge in [0.15, 0.2) is 0 Å². The fourth-order valence-electron chi connectivity index (χ4n) is 5.29. The number of amides is 3. The Balaban J connectivity index is 1.51. The molecule has 5 N–H and O–H groups in total. The molecule has 1 heterocycles. The fourth-order valence-corrected chi connectivity index (χ4v) is 5.42. The maximum Gasteiger partial charge on any atom is 0.313 e. The molecule has 3 amide bonds. The summed E-state index contributed by atoms with van der Waals surface area (Å²) >= 11 is 5.88. The van der Waals surface area contributed by atoms with E-state index in [1.807, 2.05) is 0 Å². The molecule has 2 fully saturated rings. The largest absolute Gasteiger partial charge is 0.355 e. The van der Waals surface area contributed by atoms with E-state index in [1.165, 1.54) is 32.1 Å². The maximum absolute atomic E-state index is 12.6. The van der Waals surface area contributed by atoms with Gasteiger partial charge in [-0.15, -0.1) is 0 Å². The number of piperidine rings is 1. The second-order valence-corrected chi connectivity index (χ2v) is 10.2. The van der Waals surface area contributed by atoms with Crippen molar-refractivity contribution in [2.75, 3.05) is 31.5 Å². The van der Waals surface area contributed by atoms with E-state index in [0.717, 1.165) is 38.8 Å².